The van der Waals surface area contributed by atoms with E-state index in [0.29, 0.717) is 22.4 Å². The average Bonchev–Trinajstić information content (AvgIpc) is 3.42. The van der Waals surface area contributed by atoms with E-state index in [-0.39, 0.29) is 17.8 Å². The third-order valence-electron chi connectivity index (χ3n) is 4.67. The van der Waals surface area contributed by atoms with Gasteiger partial charge < -0.3 is 14.5 Å². The van der Waals surface area contributed by atoms with Gasteiger partial charge in [0, 0.05) is 17.3 Å². The molecular weight excluding hydrogens is 412 g/mol. The highest BCUT2D eigenvalue weighted by molar-refractivity contribution is 7.99. The summed E-state index contributed by atoms with van der Waals surface area (Å²) in [5.74, 6) is 1.58. The van der Waals surface area contributed by atoms with Crippen LogP contribution in [0.5, 0.6) is 0 Å². The summed E-state index contributed by atoms with van der Waals surface area (Å²) in [6.07, 6.45) is 3.82. The molecular formula is C20H21ClN4O3S. The van der Waals surface area contributed by atoms with Crippen LogP contribution in [-0.2, 0) is 16.1 Å². The fourth-order valence-electron chi connectivity index (χ4n) is 3.26. The molecule has 0 aliphatic carbocycles. The molecule has 1 unspecified atom stereocenters. The number of carbonyl (C=O) groups excluding carboxylic acids is 1. The zero-order valence-electron chi connectivity index (χ0n) is 15.9. The number of hydrogen-bond acceptors (Lipinski definition) is 6. The number of anilines is 1. The molecule has 1 saturated heterocycles. The Morgan fingerprint density at radius 2 is 2.28 bits per heavy atom. The van der Waals surface area contributed by atoms with Gasteiger partial charge in [-0.05, 0) is 44.0 Å². The first-order chi connectivity index (χ1) is 14.1. The van der Waals surface area contributed by atoms with E-state index in [1.165, 1.54) is 11.8 Å². The number of aromatic nitrogens is 3. The van der Waals surface area contributed by atoms with Crippen molar-refractivity contribution in [1.82, 2.24) is 14.8 Å². The average molecular weight is 433 g/mol. The summed E-state index contributed by atoms with van der Waals surface area (Å²) in [6.45, 7) is 3.31. The molecule has 0 saturated carbocycles. The van der Waals surface area contributed by atoms with Gasteiger partial charge in [-0.15, -0.1) is 10.2 Å². The molecule has 1 aliphatic heterocycles. The van der Waals surface area contributed by atoms with Gasteiger partial charge in [0.15, 0.2) is 11.0 Å². The van der Waals surface area contributed by atoms with E-state index in [0.717, 1.165) is 36.6 Å². The first kappa shape index (κ1) is 20.0. The molecule has 2 aromatic heterocycles. The highest BCUT2D eigenvalue weighted by atomic mass is 35.5. The number of ether oxygens (including phenoxy) is 1. The van der Waals surface area contributed by atoms with Crippen LogP contribution in [0.15, 0.2) is 46.2 Å². The Bertz CT molecular complexity index is 997. The molecule has 7 nitrogen and oxygen atoms in total. The number of halogens is 1. The van der Waals surface area contributed by atoms with E-state index in [4.69, 9.17) is 20.8 Å². The third kappa shape index (κ3) is 4.83. The largest absolute Gasteiger partial charge is 0.469 e. The summed E-state index contributed by atoms with van der Waals surface area (Å²) in [5, 5.41) is 12.8. The van der Waals surface area contributed by atoms with Gasteiger partial charge in [0.2, 0.25) is 5.91 Å². The van der Waals surface area contributed by atoms with Gasteiger partial charge in [-0.1, -0.05) is 29.4 Å². The highest BCUT2D eigenvalue weighted by Gasteiger charge is 2.23. The molecule has 1 fully saturated rings. The Morgan fingerprint density at radius 3 is 3.00 bits per heavy atom. The lowest BCUT2D eigenvalue weighted by atomic mass is 10.2. The zero-order valence-corrected chi connectivity index (χ0v) is 17.5. The first-order valence-electron chi connectivity index (χ1n) is 9.37. The second kappa shape index (κ2) is 9.02. The Kier molecular flexibility index (Phi) is 6.22. The van der Waals surface area contributed by atoms with E-state index >= 15 is 0 Å². The summed E-state index contributed by atoms with van der Waals surface area (Å²) in [4.78, 5) is 12.4. The highest BCUT2D eigenvalue weighted by Crippen LogP contribution is 2.29. The lowest BCUT2D eigenvalue weighted by molar-refractivity contribution is -0.113. The lowest BCUT2D eigenvalue weighted by Gasteiger charge is -2.14. The summed E-state index contributed by atoms with van der Waals surface area (Å²) in [6, 6.07) is 8.95. The smallest absolute Gasteiger partial charge is 0.234 e. The van der Waals surface area contributed by atoms with Gasteiger partial charge >= 0.3 is 0 Å². The van der Waals surface area contributed by atoms with Crippen LogP contribution in [0.3, 0.4) is 0 Å². The molecule has 1 N–H and O–H groups in total. The summed E-state index contributed by atoms with van der Waals surface area (Å²) in [5.41, 5.74) is 1.56. The van der Waals surface area contributed by atoms with Crippen molar-refractivity contribution in [2.45, 2.75) is 37.6 Å². The van der Waals surface area contributed by atoms with Gasteiger partial charge in [0.05, 0.1) is 30.2 Å². The topological polar surface area (TPSA) is 82.2 Å². The number of furan rings is 1. The number of rotatable bonds is 7. The predicted octanol–water partition coefficient (Wildman–Crippen LogP) is 4.41. The van der Waals surface area contributed by atoms with Crippen molar-refractivity contribution in [2.75, 3.05) is 17.7 Å². The Hall–Kier alpha value is -2.29. The van der Waals surface area contributed by atoms with Crippen molar-refractivity contribution in [3.05, 3.63) is 47.4 Å². The van der Waals surface area contributed by atoms with Crippen molar-refractivity contribution in [3.8, 4) is 11.4 Å². The van der Waals surface area contributed by atoms with Crippen molar-refractivity contribution in [2.24, 2.45) is 0 Å². The SMILES string of the molecule is Cc1occc1-c1nnc(SCC(=O)Nc2cccc(Cl)c2)n1CC1CCCO1. The van der Waals surface area contributed by atoms with E-state index < -0.39 is 0 Å². The molecule has 9 heteroatoms. The van der Waals surface area contributed by atoms with E-state index in [1.807, 2.05) is 17.6 Å². The maximum absolute atomic E-state index is 12.4. The molecule has 152 valence electrons. The quantitative estimate of drug-likeness (QED) is 0.557. The van der Waals surface area contributed by atoms with Crippen molar-refractivity contribution in [1.29, 1.82) is 0 Å². The summed E-state index contributed by atoms with van der Waals surface area (Å²) in [7, 11) is 0. The Balaban J connectivity index is 1.49. The maximum Gasteiger partial charge on any atom is 0.234 e. The minimum Gasteiger partial charge on any atom is -0.469 e. The van der Waals surface area contributed by atoms with Gasteiger partial charge in [-0.25, -0.2) is 0 Å². The molecule has 1 aliphatic rings. The minimum absolute atomic E-state index is 0.122. The molecule has 1 amide bonds. The molecule has 0 radical (unpaired) electrons. The molecule has 29 heavy (non-hydrogen) atoms. The standard InChI is InChI=1S/C20H21ClN4O3S/c1-13-17(7-9-27-13)19-23-24-20(25(19)11-16-6-3-8-28-16)29-12-18(26)22-15-5-2-4-14(21)10-15/h2,4-5,7,9-10,16H,3,6,8,11-12H2,1H3,(H,22,26). The van der Waals surface area contributed by atoms with Crippen LogP contribution in [0, 0.1) is 6.92 Å². The number of benzene rings is 1. The molecule has 1 aromatic carbocycles. The minimum atomic E-state index is -0.134. The van der Waals surface area contributed by atoms with Crippen molar-refractivity contribution < 1.29 is 13.9 Å². The maximum atomic E-state index is 12.4. The number of nitrogens with one attached hydrogen (secondary N) is 1. The van der Waals surface area contributed by atoms with Gasteiger partial charge in [-0.2, -0.15) is 0 Å². The number of nitrogens with zero attached hydrogens (tertiary/aromatic N) is 3. The van der Waals surface area contributed by atoms with Crippen molar-refractivity contribution >= 4 is 35.0 Å². The molecule has 4 rings (SSSR count). The van der Waals surface area contributed by atoms with Crippen LogP contribution in [0.4, 0.5) is 5.69 Å². The normalized spacial score (nSPS) is 16.3. The zero-order chi connectivity index (χ0) is 20.2. The van der Waals surface area contributed by atoms with Gasteiger partial charge in [-0.3, -0.25) is 9.36 Å². The van der Waals surface area contributed by atoms with E-state index in [1.54, 1.807) is 30.5 Å². The van der Waals surface area contributed by atoms with Crippen molar-refractivity contribution in [3.63, 3.8) is 0 Å². The second-order valence-corrected chi connectivity index (χ2v) is 8.17. The van der Waals surface area contributed by atoms with Crippen LogP contribution < -0.4 is 5.32 Å². The Morgan fingerprint density at radius 1 is 1.38 bits per heavy atom. The Labute approximate surface area is 177 Å². The fraction of sp³-hybridized carbons (Fsp3) is 0.350. The number of thioether (sulfide) groups is 1. The van der Waals surface area contributed by atoms with Crippen LogP contribution in [-0.4, -0.2) is 39.1 Å². The van der Waals surface area contributed by atoms with Crippen LogP contribution in [0.2, 0.25) is 5.02 Å². The second-order valence-electron chi connectivity index (χ2n) is 6.79. The van der Waals surface area contributed by atoms with Gasteiger partial charge in [0.25, 0.3) is 0 Å². The number of hydrogen-bond donors (Lipinski definition) is 1. The van der Waals surface area contributed by atoms with Crippen LogP contribution in [0.25, 0.3) is 11.4 Å². The number of carbonyl (C=O) groups is 1. The molecule has 0 spiro atoms. The van der Waals surface area contributed by atoms with Crippen LogP contribution in [0.1, 0.15) is 18.6 Å². The lowest BCUT2D eigenvalue weighted by Crippen LogP contribution is -2.18. The van der Waals surface area contributed by atoms with Crippen LogP contribution >= 0.6 is 23.4 Å². The molecule has 3 aromatic rings. The number of aryl methyl sites for hydroxylation is 1. The fourth-order valence-corrected chi connectivity index (χ4v) is 4.20. The molecule has 1 atom stereocenters. The third-order valence-corrected chi connectivity index (χ3v) is 5.87. The monoisotopic (exact) mass is 432 g/mol. The summed E-state index contributed by atoms with van der Waals surface area (Å²) < 4.78 is 13.3. The van der Waals surface area contributed by atoms with Gasteiger partial charge in [0.1, 0.15) is 5.76 Å². The predicted molar refractivity (Wildman–Crippen MR) is 112 cm³/mol. The summed E-state index contributed by atoms with van der Waals surface area (Å²) >= 11 is 7.31. The van der Waals surface area contributed by atoms with E-state index in [9.17, 15) is 4.79 Å². The molecule has 3 heterocycles. The molecule has 0 bridgehead atoms. The van der Waals surface area contributed by atoms with E-state index in [2.05, 4.69) is 15.5 Å². The first-order valence-corrected chi connectivity index (χ1v) is 10.7. The number of amides is 1.